The summed E-state index contributed by atoms with van der Waals surface area (Å²) < 4.78 is 55.4. The minimum absolute atomic E-state index is 0.152. The van der Waals surface area contributed by atoms with E-state index in [9.17, 15) is 27.6 Å². The summed E-state index contributed by atoms with van der Waals surface area (Å²) in [4.78, 5) is 28.3. The van der Waals surface area contributed by atoms with Crippen LogP contribution in [0.4, 0.5) is 23.5 Å². The van der Waals surface area contributed by atoms with Crippen molar-refractivity contribution in [1.29, 1.82) is 5.26 Å². The lowest BCUT2D eigenvalue weighted by Gasteiger charge is -2.20. The molecule has 9 nitrogen and oxygen atoms in total. The number of hydrogen-bond acceptors (Lipinski definition) is 7. The molecule has 3 heterocycles. The van der Waals surface area contributed by atoms with Crippen LogP contribution < -0.4 is 4.90 Å². The Labute approximate surface area is 203 Å². The zero-order chi connectivity index (χ0) is 25.7. The van der Waals surface area contributed by atoms with Crippen LogP contribution in [-0.2, 0) is 24.1 Å². The molecule has 0 N–H and O–H groups in total. The van der Waals surface area contributed by atoms with Crippen molar-refractivity contribution < 1.29 is 27.2 Å². The lowest BCUT2D eigenvalue weighted by atomic mass is 10.1. The maximum Gasteiger partial charge on any atom is 0.420 e. The molecule has 1 aliphatic heterocycles. The summed E-state index contributed by atoms with van der Waals surface area (Å²) in [6.07, 6.45) is -0.699. The van der Waals surface area contributed by atoms with Gasteiger partial charge in [-0.1, -0.05) is 18.2 Å². The number of hydrogen-bond donors (Lipinski definition) is 0. The van der Waals surface area contributed by atoms with Crippen molar-refractivity contribution in [3.05, 3.63) is 70.8 Å². The molecule has 1 aromatic carbocycles. The molecule has 1 saturated heterocycles. The Kier molecular flexibility index (Phi) is 7.44. The molecular formula is C23H21F4N7O2. The van der Waals surface area contributed by atoms with Crippen LogP contribution in [0.25, 0.3) is 0 Å². The number of rotatable bonds is 8. The Bertz CT molecular complexity index is 1270. The van der Waals surface area contributed by atoms with Gasteiger partial charge in [-0.15, -0.1) is 0 Å². The molecule has 188 valence electrons. The smallest absolute Gasteiger partial charge is 0.341 e. The van der Waals surface area contributed by atoms with Crippen molar-refractivity contribution in [3.63, 3.8) is 0 Å². The van der Waals surface area contributed by atoms with E-state index in [4.69, 9.17) is 4.84 Å². The van der Waals surface area contributed by atoms with Crippen LogP contribution in [0.3, 0.4) is 0 Å². The van der Waals surface area contributed by atoms with Gasteiger partial charge < -0.3 is 4.90 Å². The first-order valence-electron chi connectivity index (χ1n) is 11.0. The van der Waals surface area contributed by atoms with E-state index in [2.05, 4.69) is 15.1 Å². The quantitative estimate of drug-likeness (QED) is 0.341. The van der Waals surface area contributed by atoms with Gasteiger partial charge in [0.25, 0.3) is 5.91 Å². The molecule has 36 heavy (non-hydrogen) atoms. The van der Waals surface area contributed by atoms with Gasteiger partial charge in [0.2, 0.25) is 12.8 Å². The van der Waals surface area contributed by atoms with E-state index in [1.54, 1.807) is 18.2 Å². The molecule has 3 aromatic rings. The third-order valence-corrected chi connectivity index (χ3v) is 5.57. The van der Waals surface area contributed by atoms with Crippen LogP contribution in [0.5, 0.6) is 0 Å². The van der Waals surface area contributed by atoms with E-state index >= 15 is 0 Å². The maximum atomic E-state index is 13.8. The maximum absolute atomic E-state index is 13.8. The van der Waals surface area contributed by atoms with Gasteiger partial charge in [0.1, 0.15) is 5.56 Å². The molecular weight excluding hydrogens is 482 g/mol. The average Bonchev–Trinajstić information content (AvgIpc) is 3.54. The number of nitrogens with zero attached hydrogens (tertiary/aromatic N) is 7. The first-order chi connectivity index (χ1) is 17.3. The minimum atomic E-state index is -4.92. The summed E-state index contributed by atoms with van der Waals surface area (Å²) in [6, 6.07) is 9.55. The molecule has 0 saturated carbocycles. The summed E-state index contributed by atoms with van der Waals surface area (Å²) in [5.74, 6) is -0.824. The molecule has 1 aliphatic rings. The van der Waals surface area contributed by atoms with Crippen LogP contribution in [0.1, 0.15) is 45.7 Å². The van der Waals surface area contributed by atoms with Gasteiger partial charge >= 0.3 is 6.18 Å². The van der Waals surface area contributed by atoms with Crippen LogP contribution in [0.15, 0.2) is 42.7 Å². The second kappa shape index (κ2) is 10.7. The van der Waals surface area contributed by atoms with Gasteiger partial charge in [-0.05, 0) is 30.5 Å². The summed E-state index contributed by atoms with van der Waals surface area (Å²) in [5, 5.41) is 13.5. The van der Waals surface area contributed by atoms with E-state index in [-0.39, 0.29) is 17.7 Å². The summed E-state index contributed by atoms with van der Waals surface area (Å²) >= 11 is 0. The number of hydroxylamine groups is 2. The number of amides is 1. The number of anilines is 1. The predicted octanol–water partition coefficient (Wildman–Crippen LogP) is 3.71. The Morgan fingerprint density at radius 3 is 2.64 bits per heavy atom. The number of aromatic nitrogens is 4. The van der Waals surface area contributed by atoms with Crippen molar-refractivity contribution in [3.8, 4) is 6.07 Å². The van der Waals surface area contributed by atoms with E-state index in [1.165, 1.54) is 18.3 Å². The standard InChI is InChI=1S/C23H21F4N7O2/c24-15-36-34(12-17-6-2-1-5-16(17)11-28)21(35)20-19(23(25,26)27)14-33(31-20)13-18-7-8-29-22(30-18)32-9-3-4-10-32/h1-2,5-8,14H,3-4,9-10,12-13,15H2. The molecule has 0 atom stereocenters. The lowest BCUT2D eigenvalue weighted by molar-refractivity contribution is -0.161. The number of nitriles is 1. The number of carbonyl (C=O) groups is 1. The molecule has 1 amide bonds. The molecule has 0 bridgehead atoms. The van der Waals surface area contributed by atoms with Gasteiger partial charge in [-0.3, -0.25) is 9.48 Å². The first kappa shape index (κ1) is 25.1. The first-order valence-corrected chi connectivity index (χ1v) is 11.0. The van der Waals surface area contributed by atoms with E-state index in [0.29, 0.717) is 22.9 Å². The molecule has 13 heteroatoms. The van der Waals surface area contributed by atoms with Gasteiger partial charge in [-0.25, -0.2) is 24.3 Å². The summed E-state index contributed by atoms with van der Waals surface area (Å²) in [5.41, 5.74) is -1.43. The van der Waals surface area contributed by atoms with Gasteiger partial charge in [0.15, 0.2) is 5.69 Å². The topological polar surface area (TPSA) is 100 Å². The Hall–Kier alpha value is -4.05. The highest BCUT2D eigenvalue weighted by Gasteiger charge is 2.40. The number of benzene rings is 1. The van der Waals surface area contributed by atoms with Gasteiger partial charge in [0.05, 0.1) is 30.4 Å². The van der Waals surface area contributed by atoms with E-state index in [0.717, 1.165) is 30.6 Å². The zero-order valence-electron chi connectivity index (χ0n) is 19.0. The van der Waals surface area contributed by atoms with Crippen LogP contribution in [0, 0.1) is 11.3 Å². The van der Waals surface area contributed by atoms with Crippen molar-refractivity contribution >= 4 is 11.9 Å². The highest BCUT2D eigenvalue weighted by Crippen LogP contribution is 2.32. The van der Waals surface area contributed by atoms with Crippen molar-refractivity contribution in [2.24, 2.45) is 0 Å². The van der Waals surface area contributed by atoms with Crippen LogP contribution in [0.2, 0.25) is 0 Å². The van der Waals surface area contributed by atoms with Crippen molar-refractivity contribution in [2.75, 3.05) is 24.9 Å². The second-order valence-corrected chi connectivity index (χ2v) is 7.98. The molecule has 4 rings (SSSR count). The summed E-state index contributed by atoms with van der Waals surface area (Å²) in [7, 11) is 0. The van der Waals surface area contributed by atoms with E-state index < -0.39 is 36.7 Å². The molecule has 0 unspecified atom stereocenters. The molecule has 1 fully saturated rings. The predicted molar refractivity (Wildman–Crippen MR) is 118 cm³/mol. The third-order valence-electron chi connectivity index (χ3n) is 5.57. The van der Waals surface area contributed by atoms with Crippen LogP contribution >= 0.6 is 0 Å². The summed E-state index contributed by atoms with van der Waals surface area (Å²) in [6.45, 7) is -0.492. The largest absolute Gasteiger partial charge is 0.420 e. The molecule has 2 aromatic heterocycles. The van der Waals surface area contributed by atoms with Crippen LogP contribution in [-0.4, -0.2) is 50.7 Å². The fourth-order valence-corrected chi connectivity index (χ4v) is 3.85. The lowest BCUT2D eigenvalue weighted by Crippen LogP contribution is -2.32. The monoisotopic (exact) mass is 503 g/mol. The molecule has 0 spiro atoms. The number of alkyl halides is 4. The zero-order valence-corrected chi connectivity index (χ0v) is 19.0. The van der Waals surface area contributed by atoms with Crippen molar-refractivity contribution in [1.82, 2.24) is 24.8 Å². The third kappa shape index (κ3) is 5.60. The molecule has 0 radical (unpaired) electrons. The second-order valence-electron chi connectivity index (χ2n) is 7.98. The fraction of sp³-hybridized carbons (Fsp3) is 0.348. The Morgan fingerprint density at radius 1 is 1.19 bits per heavy atom. The Balaban J connectivity index is 1.63. The SMILES string of the molecule is N#Cc1ccccc1CN(OCF)C(=O)c1nn(Cc2ccnc(N3CCCC3)n2)cc1C(F)(F)F. The average molecular weight is 503 g/mol. The number of halogens is 4. The fourth-order valence-electron chi connectivity index (χ4n) is 3.85. The highest BCUT2D eigenvalue weighted by atomic mass is 19.4. The normalized spacial score (nSPS) is 13.6. The van der Waals surface area contributed by atoms with E-state index in [1.807, 2.05) is 11.0 Å². The molecule has 0 aliphatic carbocycles. The Morgan fingerprint density at radius 2 is 1.94 bits per heavy atom. The van der Waals surface area contributed by atoms with Crippen molar-refractivity contribution in [2.45, 2.75) is 32.1 Å². The number of carbonyl (C=O) groups excluding carboxylic acids is 1. The minimum Gasteiger partial charge on any atom is -0.341 e. The highest BCUT2D eigenvalue weighted by molar-refractivity contribution is 5.93. The van der Waals surface area contributed by atoms with Gasteiger partial charge in [-0.2, -0.15) is 23.5 Å². The van der Waals surface area contributed by atoms with Gasteiger partial charge in [0, 0.05) is 25.5 Å².